The number of rotatable bonds is 39. The van der Waals surface area contributed by atoms with Gasteiger partial charge in [0.2, 0.25) is 11.8 Å². The summed E-state index contributed by atoms with van der Waals surface area (Å²) in [6, 6.07) is 0. The fourth-order valence-electron chi connectivity index (χ4n) is 12.7. The first-order valence-electron chi connectivity index (χ1n) is 34.7. The molecule has 14 heteroatoms. The zero-order valence-electron chi connectivity index (χ0n) is 56.3. The Bertz CT molecular complexity index is 2320. The van der Waals surface area contributed by atoms with Crippen molar-refractivity contribution in [1.29, 1.82) is 0 Å². The minimum Gasteiger partial charge on any atom is -0.465 e. The van der Waals surface area contributed by atoms with Crippen LogP contribution < -0.4 is 0 Å². The highest BCUT2D eigenvalue weighted by atomic mass is 16.5. The minimum atomic E-state index is -0.175. The summed E-state index contributed by atoms with van der Waals surface area (Å²) < 4.78 is 23.4. The third kappa shape index (κ3) is 29.7. The van der Waals surface area contributed by atoms with E-state index in [9.17, 15) is 28.8 Å². The first-order chi connectivity index (χ1) is 42.5. The Hall–Kier alpha value is -5.08. The molecular formula is C74H118N4O10. The normalized spacial score (nSPS) is 19.9. The van der Waals surface area contributed by atoms with Gasteiger partial charge in [-0.25, -0.2) is 0 Å². The second-order valence-corrected chi connectivity index (χ2v) is 26.9. The maximum absolute atomic E-state index is 14.5. The van der Waals surface area contributed by atoms with Crippen LogP contribution in [0.2, 0.25) is 0 Å². The van der Waals surface area contributed by atoms with Crippen LogP contribution in [0.3, 0.4) is 0 Å². The molecule has 1 heterocycles. The molecule has 0 radical (unpaired) electrons. The molecule has 14 nitrogen and oxygen atoms in total. The quantitative estimate of drug-likeness (QED) is 0.0249. The predicted octanol–water partition coefficient (Wildman–Crippen LogP) is 14.7. The number of likely N-dealkylation sites (tertiary alicyclic amines) is 1. The molecule has 4 aliphatic carbocycles. The third-order valence-corrected chi connectivity index (χ3v) is 18.7. The molecule has 2 amide bonds. The highest BCUT2D eigenvalue weighted by Gasteiger charge is 2.28. The summed E-state index contributed by atoms with van der Waals surface area (Å²) in [5.41, 5.74) is 9.59. The van der Waals surface area contributed by atoms with Crippen LogP contribution in [0.5, 0.6) is 0 Å². The summed E-state index contributed by atoms with van der Waals surface area (Å²) in [5, 5.41) is 0. The molecule has 494 valence electrons. The second kappa shape index (κ2) is 42.1. The Morgan fingerprint density at radius 3 is 1.06 bits per heavy atom. The predicted molar refractivity (Wildman–Crippen MR) is 354 cm³/mol. The van der Waals surface area contributed by atoms with Crippen LogP contribution in [0.25, 0.3) is 0 Å². The molecule has 0 saturated carbocycles. The van der Waals surface area contributed by atoms with Gasteiger partial charge >= 0.3 is 23.9 Å². The van der Waals surface area contributed by atoms with E-state index in [4.69, 9.17) is 18.9 Å². The Morgan fingerprint density at radius 2 is 0.773 bits per heavy atom. The molecule has 0 aromatic carbocycles. The van der Waals surface area contributed by atoms with E-state index in [1.807, 2.05) is 9.80 Å². The van der Waals surface area contributed by atoms with Crippen molar-refractivity contribution in [2.24, 2.45) is 29.6 Å². The highest BCUT2D eigenvalue weighted by molar-refractivity contribution is 5.77. The highest BCUT2D eigenvalue weighted by Crippen LogP contribution is 2.31. The first kappa shape index (κ1) is 73.7. The molecule has 88 heavy (non-hydrogen) atoms. The maximum atomic E-state index is 14.5. The number of carbonyl (C=O) groups excluding carboxylic acids is 6. The molecule has 0 bridgehead atoms. The van der Waals surface area contributed by atoms with Crippen molar-refractivity contribution < 1.29 is 47.7 Å². The number of ether oxygens (including phenoxy) is 4. The number of nitrogens with zero attached hydrogens (tertiary/aromatic N) is 4. The van der Waals surface area contributed by atoms with Crippen LogP contribution in [0, 0.1) is 29.6 Å². The summed E-state index contributed by atoms with van der Waals surface area (Å²) in [7, 11) is 0. The topological polar surface area (TPSA) is 152 Å². The monoisotopic (exact) mass is 1220 g/mol. The van der Waals surface area contributed by atoms with Crippen LogP contribution in [0.4, 0.5) is 0 Å². The summed E-state index contributed by atoms with van der Waals surface area (Å²) in [6.07, 6.45) is 37.1. The molecule has 4 atom stereocenters. The van der Waals surface area contributed by atoms with Crippen molar-refractivity contribution in [3.63, 3.8) is 0 Å². The number of amides is 2. The van der Waals surface area contributed by atoms with Gasteiger partial charge < -0.3 is 38.5 Å². The molecule has 1 saturated heterocycles. The average Bonchev–Trinajstić information content (AvgIpc) is 3.60. The first-order valence-corrected chi connectivity index (χ1v) is 34.7. The van der Waals surface area contributed by atoms with Gasteiger partial charge in [-0.2, -0.15) is 0 Å². The number of hydrogen-bond acceptors (Lipinski definition) is 12. The Morgan fingerprint density at radius 1 is 0.455 bits per heavy atom. The van der Waals surface area contributed by atoms with E-state index in [2.05, 4.69) is 108 Å². The lowest BCUT2D eigenvalue weighted by atomic mass is 9.88. The number of hydrogen-bond donors (Lipinski definition) is 0. The van der Waals surface area contributed by atoms with E-state index in [-0.39, 0.29) is 98.6 Å². The van der Waals surface area contributed by atoms with Crippen LogP contribution in [0.1, 0.15) is 229 Å². The molecule has 0 N–H and O–H groups in total. The average molecular weight is 1220 g/mol. The smallest absolute Gasteiger partial charge is 0.309 e. The molecule has 0 aromatic heterocycles. The van der Waals surface area contributed by atoms with Crippen molar-refractivity contribution in [2.75, 3.05) is 91.9 Å². The summed E-state index contributed by atoms with van der Waals surface area (Å²) >= 11 is 0. The lowest BCUT2D eigenvalue weighted by molar-refractivity contribution is -0.150. The summed E-state index contributed by atoms with van der Waals surface area (Å²) in [5.74, 6) is -0.647. The van der Waals surface area contributed by atoms with Gasteiger partial charge in [0.05, 0.1) is 50.1 Å². The number of carbonyl (C=O) groups is 6. The summed E-state index contributed by atoms with van der Waals surface area (Å²) in [4.78, 5) is 90.2. The van der Waals surface area contributed by atoms with Crippen LogP contribution in [-0.4, -0.2) is 147 Å². The second-order valence-electron chi connectivity index (χ2n) is 26.9. The zero-order valence-corrected chi connectivity index (χ0v) is 56.3. The van der Waals surface area contributed by atoms with E-state index in [0.29, 0.717) is 103 Å². The van der Waals surface area contributed by atoms with Gasteiger partial charge in [0.15, 0.2) is 0 Å². The third-order valence-electron chi connectivity index (χ3n) is 18.7. The minimum absolute atomic E-state index is 0.0256. The standard InChI is InChI=1S/C74H118N4O10/c1-9-61-23-31-65(32-24-61)71(81)85-53-13-43-77(44-14-54-86-72(82)66-33-25-62(26-34-66)20-10-17-57(2)3)69(79)41-49-76(52-51-75-47-39-60(8)40-48-75)50-42-70(80)78(45-15-55-87-73(83)67-35-27-63(28-36-67)21-11-18-58(4)5)46-16-56-88-74(84)68-37-29-64(30-38-68)22-12-19-59(6)7/h17-19,23,25,27,29,60,65-68H,9-16,20-22,24,26,28,30-56H2,1-8H3. The molecule has 4 unspecified atom stereocenters. The Labute approximate surface area is 532 Å². The van der Waals surface area contributed by atoms with E-state index in [1.54, 1.807) is 0 Å². The van der Waals surface area contributed by atoms with Gasteiger partial charge in [0.1, 0.15) is 0 Å². The van der Waals surface area contributed by atoms with Gasteiger partial charge in [-0.3, -0.25) is 28.8 Å². The molecule has 0 spiro atoms. The number of esters is 4. The lowest BCUT2D eigenvalue weighted by Crippen LogP contribution is -2.43. The molecule has 5 rings (SSSR count). The van der Waals surface area contributed by atoms with Crippen molar-refractivity contribution in [2.45, 2.75) is 229 Å². The summed E-state index contributed by atoms with van der Waals surface area (Å²) in [6.45, 7) is 24.2. The molecule has 5 aliphatic rings. The van der Waals surface area contributed by atoms with Crippen molar-refractivity contribution >= 4 is 35.7 Å². The Kier molecular flexibility index (Phi) is 35.2. The molecule has 0 aromatic rings. The van der Waals surface area contributed by atoms with Gasteiger partial charge in [-0.15, -0.1) is 0 Å². The van der Waals surface area contributed by atoms with E-state index >= 15 is 0 Å². The SMILES string of the molecule is CCC1=CCC(C(=O)OCCCN(CCCOC(=O)C2CC=C(CCC=C(C)C)CC2)C(=O)CCN(CCC(=O)N(CCCOC(=O)C2CC=C(CCC=C(C)C)CC2)CCCOC(=O)C2CC=C(CCC=C(C)C)CC2)CCN2CCC(C)CC2)CC1. The van der Waals surface area contributed by atoms with E-state index < -0.39 is 0 Å². The number of piperidine rings is 1. The maximum Gasteiger partial charge on any atom is 0.309 e. The largest absolute Gasteiger partial charge is 0.465 e. The molecular weight excluding hydrogens is 1100 g/mol. The fraction of sp³-hybridized carbons (Fsp3) is 0.730. The van der Waals surface area contributed by atoms with Crippen molar-refractivity contribution in [3.8, 4) is 0 Å². The lowest BCUT2D eigenvalue weighted by Gasteiger charge is -2.33. The molecule has 1 fully saturated rings. The van der Waals surface area contributed by atoms with Crippen LogP contribution >= 0.6 is 0 Å². The van der Waals surface area contributed by atoms with Gasteiger partial charge in [0, 0.05) is 65.2 Å². The Balaban J connectivity index is 1.20. The fourth-order valence-corrected chi connectivity index (χ4v) is 12.7. The van der Waals surface area contributed by atoms with Gasteiger partial charge in [-0.1, -0.05) is 95.4 Å². The van der Waals surface area contributed by atoms with E-state index in [1.165, 1.54) is 39.0 Å². The van der Waals surface area contributed by atoms with Crippen LogP contribution in [-0.2, 0) is 47.7 Å². The van der Waals surface area contributed by atoms with E-state index in [0.717, 1.165) is 129 Å². The number of allylic oxidation sites excluding steroid dienone is 14. The zero-order chi connectivity index (χ0) is 63.5. The van der Waals surface area contributed by atoms with Crippen molar-refractivity contribution in [3.05, 3.63) is 81.5 Å². The van der Waals surface area contributed by atoms with Gasteiger partial charge in [0.25, 0.3) is 0 Å². The van der Waals surface area contributed by atoms with Gasteiger partial charge in [-0.05, 0) is 221 Å². The molecule has 1 aliphatic heterocycles. The van der Waals surface area contributed by atoms with Crippen LogP contribution in [0.15, 0.2) is 81.5 Å². The van der Waals surface area contributed by atoms with Crippen molar-refractivity contribution in [1.82, 2.24) is 19.6 Å².